The Morgan fingerprint density at radius 2 is 2.06 bits per heavy atom. The van der Waals surface area contributed by atoms with Gasteiger partial charge in [-0.3, -0.25) is 9.38 Å². The van der Waals surface area contributed by atoms with E-state index in [1.54, 1.807) is 12.1 Å². The second-order valence-corrected chi connectivity index (χ2v) is 4.79. The summed E-state index contributed by atoms with van der Waals surface area (Å²) < 4.78 is 16.0. The number of hydrogen-bond acceptors (Lipinski definition) is 3. The maximum absolute atomic E-state index is 13.9. The Labute approximate surface area is 115 Å². The molecule has 0 unspecified atom stereocenters. The van der Waals surface area contributed by atoms with Gasteiger partial charge in [0.15, 0.2) is 11.5 Å². The van der Waals surface area contributed by atoms with E-state index >= 15 is 0 Å². The van der Waals surface area contributed by atoms with Crippen LogP contribution in [0.15, 0.2) is 35.1 Å². The second-order valence-electron chi connectivity index (χ2n) is 3.54. The standard InChI is InChI=1S/C11H5BrClFN4/c12-6-2-1-3-7(14)10(6)11-17-16-9-5-15-4-8(13)18(9)11/h1-5H. The highest BCUT2D eigenvalue weighted by atomic mass is 79.9. The zero-order valence-electron chi connectivity index (χ0n) is 8.81. The normalized spacial score (nSPS) is 11.1. The summed E-state index contributed by atoms with van der Waals surface area (Å²) in [6, 6.07) is 4.69. The molecule has 18 heavy (non-hydrogen) atoms. The largest absolute Gasteiger partial charge is 0.262 e. The topological polar surface area (TPSA) is 43.1 Å². The summed E-state index contributed by atoms with van der Waals surface area (Å²) in [6.07, 6.45) is 2.97. The zero-order valence-corrected chi connectivity index (χ0v) is 11.2. The van der Waals surface area contributed by atoms with Crippen LogP contribution >= 0.6 is 27.5 Å². The minimum atomic E-state index is -0.397. The highest BCUT2D eigenvalue weighted by Gasteiger charge is 2.17. The van der Waals surface area contributed by atoms with E-state index in [1.807, 2.05) is 0 Å². The van der Waals surface area contributed by atoms with E-state index in [0.29, 0.717) is 26.7 Å². The molecule has 2 aromatic heterocycles. The fourth-order valence-corrected chi connectivity index (χ4v) is 2.43. The lowest BCUT2D eigenvalue weighted by molar-refractivity contribution is 0.629. The summed E-state index contributed by atoms with van der Waals surface area (Å²) in [6.45, 7) is 0. The molecule has 0 fully saturated rings. The fourth-order valence-electron chi connectivity index (χ4n) is 1.69. The Hall–Kier alpha value is -1.53. The first-order chi connectivity index (χ1) is 8.68. The van der Waals surface area contributed by atoms with Crippen LogP contribution in [-0.4, -0.2) is 19.6 Å². The van der Waals surface area contributed by atoms with Gasteiger partial charge >= 0.3 is 0 Å². The van der Waals surface area contributed by atoms with Crippen molar-refractivity contribution in [1.82, 2.24) is 19.6 Å². The molecule has 2 heterocycles. The molecule has 0 saturated carbocycles. The van der Waals surface area contributed by atoms with Gasteiger partial charge in [0.05, 0.1) is 18.0 Å². The van der Waals surface area contributed by atoms with Gasteiger partial charge in [0.2, 0.25) is 0 Å². The lowest BCUT2D eigenvalue weighted by atomic mass is 10.2. The Morgan fingerprint density at radius 1 is 1.22 bits per heavy atom. The average Bonchev–Trinajstić information content (AvgIpc) is 2.74. The molecule has 7 heteroatoms. The minimum Gasteiger partial charge on any atom is -0.262 e. The third kappa shape index (κ3) is 1.69. The number of fused-ring (bicyclic) bond motifs is 1. The molecule has 0 spiro atoms. The monoisotopic (exact) mass is 326 g/mol. The van der Waals surface area contributed by atoms with E-state index in [-0.39, 0.29) is 0 Å². The first kappa shape index (κ1) is 11.6. The first-order valence-electron chi connectivity index (χ1n) is 4.97. The average molecular weight is 328 g/mol. The predicted molar refractivity (Wildman–Crippen MR) is 68.9 cm³/mol. The zero-order chi connectivity index (χ0) is 12.7. The highest BCUT2D eigenvalue weighted by molar-refractivity contribution is 9.10. The molecule has 1 aromatic carbocycles. The summed E-state index contributed by atoms with van der Waals surface area (Å²) in [5.74, 6) is -0.0612. The maximum atomic E-state index is 13.9. The number of rotatable bonds is 1. The van der Waals surface area contributed by atoms with Crippen LogP contribution in [0, 0.1) is 5.82 Å². The number of nitrogens with zero attached hydrogens (tertiary/aromatic N) is 4. The summed E-state index contributed by atoms with van der Waals surface area (Å²) in [4.78, 5) is 3.90. The van der Waals surface area contributed by atoms with Crippen LogP contribution < -0.4 is 0 Å². The third-order valence-corrected chi connectivity index (χ3v) is 3.39. The van der Waals surface area contributed by atoms with Crippen LogP contribution in [0.3, 0.4) is 0 Å². The van der Waals surface area contributed by atoms with Gasteiger partial charge in [-0.05, 0) is 28.1 Å². The van der Waals surface area contributed by atoms with Crippen molar-refractivity contribution in [2.75, 3.05) is 0 Å². The number of hydrogen-bond donors (Lipinski definition) is 0. The Morgan fingerprint density at radius 3 is 2.83 bits per heavy atom. The van der Waals surface area contributed by atoms with Crippen molar-refractivity contribution in [3.05, 3.63) is 46.0 Å². The molecule has 0 bridgehead atoms. The Kier molecular flexibility index (Phi) is 2.76. The van der Waals surface area contributed by atoms with Crippen molar-refractivity contribution in [2.24, 2.45) is 0 Å². The molecule has 0 saturated heterocycles. The molecule has 0 radical (unpaired) electrons. The Balaban J connectivity index is 2.39. The minimum absolute atomic E-state index is 0.318. The number of aromatic nitrogens is 4. The molecule has 0 aliphatic rings. The van der Waals surface area contributed by atoms with E-state index in [1.165, 1.54) is 22.9 Å². The molecule has 4 nitrogen and oxygen atoms in total. The van der Waals surface area contributed by atoms with Crippen LogP contribution in [0.1, 0.15) is 0 Å². The van der Waals surface area contributed by atoms with Crippen molar-refractivity contribution in [1.29, 1.82) is 0 Å². The quantitative estimate of drug-likeness (QED) is 0.688. The maximum Gasteiger partial charge on any atom is 0.180 e. The fraction of sp³-hybridized carbons (Fsp3) is 0. The molecule has 90 valence electrons. The SMILES string of the molecule is Fc1cccc(Br)c1-c1nnc2cncc(Cl)n12. The summed E-state index contributed by atoms with van der Waals surface area (Å²) >= 11 is 9.34. The lowest BCUT2D eigenvalue weighted by Crippen LogP contribution is -1.95. The van der Waals surface area contributed by atoms with Gasteiger partial charge in [-0.15, -0.1) is 10.2 Å². The molecule has 0 aliphatic heterocycles. The van der Waals surface area contributed by atoms with Crippen molar-refractivity contribution in [3.63, 3.8) is 0 Å². The second kappa shape index (κ2) is 4.29. The van der Waals surface area contributed by atoms with Gasteiger partial charge in [0.1, 0.15) is 11.0 Å². The van der Waals surface area contributed by atoms with Crippen LogP contribution in [0.5, 0.6) is 0 Å². The molecule has 3 rings (SSSR count). The molecule has 0 atom stereocenters. The van der Waals surface area contributed by atoms with Crippen LogP contribution in [0.2, 0.25) is 5.15 Å². The summed E-state index contributed by atoms with van der Waals surface area (Å²) in [5.41, 5.74) is 0.783. The number of halogens is 3. The van der Waals surface area contributed by atoms with Gasteiger partial charge in [0.25, 0.3) is 0 Å². The molecular formula is C11H5BrClFN4. The van der Waals surface area contributed by atoms with Gasteiger partial charge < -0.3 is 0 Å². The molecule has 3 aromatic rings. The van der Waals surface area contributed by atoms with Crippen LogP contribution in [0.25, 0.3) is 17.0 Å². The molecule has 0 N–H and O–H groups in total. The van der Waals surface area contributed by atoms with E-state index in [9.17, 15) is 4.39 Å². The molecule has 0 aliphatic carbocycles. The number of benzene rings is 1. The van der Waals surface area contributed by atoms with E-state index in [2.05, 4.69) is 31.1 Å². The predicted octanol–water partition coefficient (Wildman–Crippen LogP) is 3.35. The highest BCUT2D eigenvalue weighted by Crippen LogP contribution is 2.30. The molecular weight excluding hydrogens is 323 g/mol. The smallest absolute Gasteiger partial charge is 0.180 e. The third-order valence-electron chi connectivity index (χ3n) is 2.46. The van der Waals surface area contributed by atoms with Gasteiger partial charge in [-0.2, -0.15) is 0 Å². The van der Waals surface area contributed by atoms with Gasteiger partial charge in [-0.25, -0.2) is 4.39 Å². The van der Waals surface area contributed by atoms with Crippen molar-refractivity contribution in [3.8, 4) is 11.4 Å². The molecule has 0 amide bonds. The summed E-state index contributed by atoms with van der Waals surface area (Å²) in [5, 5.41) is 8.21. The van der Waals surface area contributed by atoms with E-state index < -0.39 is 5.82 Å². The van der Waals surface area contributed by atoms with Crippen LogP contribution in [0.4, 0.5) is 4.39 Å². The van der Waals surface area contributed by atoms with Crippen molar-refractivity contribution < 1.29 is 4.39 Å². The van der Waals surface area contributed by atoms with E-state index in [4.69, 9.17) is 11.6 Å². The van der Waals surface area contributed by atoms with Crippen molar-refractivity contribution >= 4 is 33.2 Å². The van der Waals surface area contributed by atoms with Gasteiger partial charge in [0, 0.05) is 4.47 Å². The van der Waals surface area contributed by atoms with E-state index in [0.717, 1.165) is 0 Å². The Bertz CT molecular complexity index is 723. The summed E-state index contributed by atoms with van der Waals surface area (Å²) in [7, 11) is 0. The van der Waals surface area contributed by atoms with Gasteiger partial charge in [-0.1, -0.05) is 17.7 Å². The van der Waals surface area contributed by atoms with Crippen LogP contribution in [-0.2, 0) is 0 Å². The first-order valence-corrected chi connectivity index (χ1v) is 6.14. The van der Waals surface area contributed by atoms with Crippen molar-refractivity contribution in [2.45, 2.75) is 0 Å². The lowest BCUT2D eigenvalue weighted by Gasteiger charge is -2.05.